The van der Waals surface area contributed by atoms with Gasteiger partial charge in [-0.2, -0.15) is 5.48 Å². The molecule has 0 saturated carbocycles. The molecule has 5 atom stereocenters. The molecule has 2 bridgehead atoms. The third kappa shape index (κ3) is 24.9. The number of ether oxygens (including phenoxy) is 2. The van der Waals surface area contributed by atoms with E-state index >= 15 is 0 Å². The number of aromatic nitrogens is 10. The maximum Gasteiger partial charge on any atom is 0.202 e. The molecule has 10 aromatic rings. The van der Waals surface area contributed by atoms with Crippen LogP contribution in [-0.4, -0.2) is 216 Å². The highest BCUT2D eigenvalue weighted by Crippen LogP contribution is 2.38. The fourth-order valence-electron chi connectivity index (χ4n) is 14.8. The lowest BCUT2D eigenvalue weighted by molar-refractivity contribution is -0.0193. The third-order valence-corrected chi connectivity index (χ3v) is 26.7. The zero-order chi connectivity index (χ0) is 88.4. The van der Waals surface area contributed by atoms with Gasteiger partial charge in [-0.25, -0.2) is 80.3 Å². The summed E-state index contributed by atoms with van der Waals surface area (Å²) in [6.45, 7) is 11.7. The summed E-state index contributed by atoms with van der Waals surface area (Å²) in [5.74, 6) is -0.503. The zero-order valence-electron chi connectivity index (χ0n) is 67.6. The summed E-state index contributed by atoms with van der Waals surface area (Å²) in [6, 6.07) is 21.5. The molecular formula is C78H91F5N20O18S3. The van der Waals surface area contributed by atoms with Gasteiger partial charge in [0.2, 0.25) is 11.6 Å². The second kappa shape index (κ2) is 41.8. The van der Waals surface area contributed by atoms with Crippen molar-refractivity contribution in [1.29, 1.82) is 0 Å². The van der Waals surface area contributed by atoms with Crippen molar-refractivity contribution < 1.29 is 106 Å². The second-order valence-electron chi connectivity index (χ2n) is 30.8. The lowest BCUT2D eigenvalue weighted by atomic mass is 9.90. The summed E-state index contributed by atoms with van der Waals surface area (Å²) in [4.78, 5) is 10.5. The van der Waals surface area contributed by atoms with Crippen LogP contribution in [0.4, 0.5) is 45.0 Å². The number of aliphatic imine (C=N–C) groups is 2. The van der Waals surface area contributed by atoms with Gasteiger partial charge in [0.1, 0.15) is 63.3 Å². The Bertz CT molecular complexity index is 5660. The van der Waals surface area contributed by atoms with E-state index < -0.39 is 35.6 Å². The van der Waals surface area contributed by atoms with Gasteiger partial charge in [0.05, 0.1) is 77.4 Å². The maximum absolute atomic E-state index is 13.5. The van der Waals surface area contributed by atoms with E-state index in [1.54, 1.807) is 71.0 Å². The first-order valence-corrected chi connectivity index (χ1v) is 44.7. The number of hydrogen-bond donors (Lipinski definition) is 10. The first-order valence-electron chi connectivity index (χ1n) is 39.2. The molecule has 0 amide bonds. The lowest BCUT2D eigenvalue weighted by Gasteiger charge is -2.27. The molecule has 124 heavy (non-hydrogen) atoms. The Labute approximate surface area is 706 Å². The van der Waals surface area contributed by atoms with Crippen molar-refractivity contribution in [3.63, 3.8) is 0 Å². The smallest absolute Gasteiger partial charge is 0.202 e. The maximum atomic E-state index is 13.5. The Balaban J connectivity index is 0.000000141. The van der Waals surface area contributed by atoms with Gasteiger partial charge in [-0.05, 0) is 234 Å². The average molecular weight is 1790 g/mol. The van der Waals surface area contributed by atoms with Gasteiger partial charge >= 0.3 is 0 Å². The molecule has 16 rings (SSSR count). The largest absolute Gasteiger partial charge is 0.411 e. The van der Waals surface area contributed by atoms with E-state index in [1.165, 1.54) is 54.6 Å². The second-order valence-corrected chi connectivity index (χ2v) is 37.4. The standard InChI is InChI=1S/C19H22FN3O3.C16H19FN4O3.C15H18FN3O4S.2C14H16FN5O4S/c1-11-6-12(2-5-16(11)20)9-17(21-24)19-18(22-26-23-19)10-13-7-14-3-4-15(8-13)25-14;1-11-8-12(2-3-13(11)17)9-14(18-22)16-15(19-24-20-16)10-21-4-6-23-7-5-21;1-9-4-10(2-3-12(9)16)5-13(17-20)15-14(18-23-19-15)6-11-7-24(21,22)8-11;2*1-8-6-9(2-3-11(8)15)16-13(18-21)12-14(20-24-19-12)17-10-4-5-25(22,23)7-10/h2,5-6,13-15,24H,3-4,7-10H2,1H3;2-3,8,22H,4-7,9-10H2,1H3;2-4,11,13,17,20H,5-8H2,1H3;2*2-3,6,10,21H,4-5,7H2,1H3,(H,16,18)(H,17,20)/t;;;2*10-/m...10/s1. The fourth-order valence-corrected chi connectivity index (χ4v) is 19.7. The molecule has 5 aromatic carbocycles. The summed E-state index contributed by atoms with van der Waals surface area (Å²) in [7, 11) is -9.04. The van der Waals surface area contributed by atoms with Crippen molar-refractivity contribution in [2.45, 2.75) is 142 Å². The van der Waals surface area contributed by atoms with E-state index in [1.807, 2.05) is 11.0 Å². The van der Waals surface area contributed by atoms with Crippen LogP contribution in [0.3, 0.4) is 0 Å². The number of rotatable bonds is 24. The number of sulfone groups is 3. The minimum absolute atomic E-state index is 0.00643. The fraction of sp³-hybridized carbons (Fsp3) is 0.436. The molecule has 46 heteroatoms. The van der Waals surface area contributed by atoms with E-state index in [-0.39, 0.29) is 116 Å². The van der Waals surface area contributed by atoms with Crippen LogP contribution in [0.2, 0.25) is 0 Å². The summed E-state index contributed by atoms with van der Waals surface area (Å²) in [5, 5.41) is 97.9. The predicted molar refractivity (Wildman–Crippen MR) is 432 cm³/mol. The lowest BCUT2D eigenvalue weighted by Crippen LogP contribution is -2.38. The highest BCUT2D eigenvalue weighted by Gasteiger charge is 2.39. The summed E-state index contributed by atoms with van der Waals surface area (Å²) in [5.41, 5.74) is 15.7. The molecule has 0 spiro atoms. The Morgan fingerprint density at radius 3 is 1.32 bits per heavy atom. The van der Waals surface area contributed by atoms with Crippen LogP contribution < -0.4 is 27.1 Å². The van der Waals surface area contributed by atoms with Gasteiger partial charge in [0, 0.05) is 44.6 Å². The highest BCUT2D eigenvalue weighted by atomic mass is 32.2. The van der Waals surface area contributed by atoms with Gasteiger partial charge in [0.25, 0.3) is 0 Å². The molecule has 3 unspecified atom stereocenters. The quantitative estimate of drug-likeness (QED) is 0.00886. The zero-order valence-corrected chi connectivity index (χ0v) is 70.1. The molecule has 0 aliphatic carbocycles. The van der Waals surface area contributed by atoms with E-state index in [0.717, 1.165) is 61.9 Å². The number of hydroxylamine groups is 3. The average Bonchev–Trinajstić information content (AvgIpc) is 1.35. The summed E-state index contributed by atoms with van der Waals surface area (Å²) < 4.78 is 171. The predicted octanol–water partition coefficient (Wildman–Crippen LogP) is 8.92. The third-order valence-electron chi connectivity index (χ3n) is 21.2. The Morgan fingerprint density at radius 1 is 0.476 bits per heavy atom. The van der Waals surface area contributed by atoms with Gasteiger partial charge in [-0.1, -0.05) is 67.3 Å². The number of nitrogens with one attached hydrogen (secondary N) is 5. The molecule has 664 valence electrons. The molecule has 38 nitrogen and oxygen atoms in total. The molecule has 6 saturated heterocycles. The van der Waals surface area contributed by atoms with Gasteiger partial charge in [-0.15, -0.1) is 0 Å². The number of benzene rings is 5. The number of nitrogens with zero attached hydrogens (tertiary/aromatic N) is 15. The number of morpholine rings is 1. The molecule has 5 aromatic heterocycles. The minimum Gasteiger partial charge on any atom is -0.411 e. The monoisotopic (exact) mass is 1790 g/mol. The van der Waals surface area contributed by atoms with Crippen molar-refractivity contribution in [2.24, 2.45) is 32.1 Å². The number of anilines is 2. The normalized spacial score (nSPS) is 20.1. The number of oxime groups is 2. The van der Waals surface area contributed by atoms with Crippen molar-refractivity contribution in [1.82, 2.24) is 72.9 Å². The minimum atomic E-state index is -3.07. The topological polar surface area (TPSA) is 529 Å². The van der Waals surface area contributed by atoms with Crippen LogP contribution in [0.25, 0.3) is 0 Å². The molecule has 11 heterocycles. The highest BCUT2D eigenvalue weighted by molar-refractivity contribution is 7.92. The van der Waals surface area contributed by atoms with Gasteiger partial charge in [-0.3, -0.25) is 26.3 Å². The first-order chi connectivity index (χ1) is 59.4. The number of fused-ring (bicyclic) bond motifs is 2. The van der Waals surface area contributed by atoms with E-state index in [2.05, 4.69) is 102 Å². The van der Waals surface area contributed by atoms with E-state index in [4.69, 9.17) is 23.4 Å². The van der Waals surface area contributed by atoms with Crippen LogP contribution >= 0.6 is 0 Å². The summed E-state index contributed by atoms with van der Waals surface area (Å²) >= 11 is 0. The van der Waals surface area contributed by atoms with E-state index in [0.29, 0.717) is 161 Å². The molecule has 0 radical (unpaired) electrons. The molecule has 10 N–H and O–H groups in total. The van der Waals surface area contributed by atoms with Crippen molar-refractivity contribution in [2.75, 3.05) is 71.5 Å². The molecule has 6 aliphatic rings. The van der Waals surface area contributed by atoms with Crippen LogP contribution in [0.15, 0.2) is 134 Å². The number of aryl methyl sites for hydroxylation is 5. The SMILES string of the molecule is Cc1cc(CC(=NO)c2nonc2CC2CC3CCC(C2)O3)ccc1F.Cc1cc(CC(=NO)c2nonc2CN2CCOCC2)ccc1F.Cc1cc(CC(NO)c2nonc2CC2CS(=O)(=O)C2)ccc1F.Cc1cc(N=C(NO)c2nonc2N[C@@H]2CCS(=O)(=O)C2)ccc1F.Cc1cc(N=C(NO)c2nonc2N[C@H]2CCS(=O)(=O)C2)ccc1F. The van der Waals surface area contributed by atoms with Crippen LogP contribution in [0, 0.1) is 75.5 Å². The van der Waals surface area contributed by atoms with Crippen molar-refractivity contribution >= 4 is 75.6 Å². The summed E-state index contributed by atoms with van der Waals surface area (Å²) in [6.07, 6.45) is 8.06. The number of amidine groups is 2. The van der Waals surface area contributed by atoms with Crippen molar-refractivity contribution in [3.8, 4) is 0 Å². The van der Waals surface area contributed by atoms with Gasteiger partial charge < -0.3 is 35.7 Å². The first kappa shape index (κ1) is 91.7. The Kier molecular flexibility index (Phi) is 30.9. The van der Waals surface area contributed by atoms with Crippen LogP contribution in [-0.2, 0) is 77.6 Å². The van der Waals surface area contributed by atoms with Crippen LogP contribution in [0.5, 0.6) is 0 Å². The Hall–Kier alpha value is -11.5. The Morgan fingerprint density at radius 2 is 0.887 bits per heavy atom. The molecular weight excluding hydrogens is 1700 g/mol. The van der Waals surface area contributed by atoms with Crippen LogP contribution in [0.1, 0.15) is 135 Å². The number of hydrogen-bond acceptors (Lipinski definition) is 36. The molecule has 6 fully saturated rings. The van der Waals surface area contributed by atoms with E-state index in [9.17, 15) is 73.2 Å². The molecule has 6 aliphatic heterocycles. The van der Waals surface area contributed by atoms with Crippen molar-refractivity contribution in [3.05, 3.63) is 210 Å². The van der Waals surface area contributed by atoms with Gasteiger partial charge in [0.15, 0.2) is 64.0 Å². The number of halogens is 5.